The van der Waals surface area contributed by atoms with E-state index in [4.69, 9.17) is 5.11 Å². The molecule has 0 heterocycles. The number of halogens is 1. The van der Waals surface area contributed by atoms with Gasteiger partial charge in [-0.1, -0.05) is 6.92 Å². The summed E-state index contributed by atoms with van der Waals surface area (Å²) >= 11 is 0. The van der Waals surface area contributed by atoms with Crippen molar-refractivity contribution in [2.75, 3.05) is 11.9 Å². The van der Waals surface area contributed by atoms with Gasteiger partial charge in [0.25, 0.3) is 0 Å². The average molecular weight is 307 g/mol. The van der Waals surface area contributed by atoms with Gasteiger partial charge in [-0.2, -0.15) is 0 Å². The summed E-state index contributed by atoms with van der Waals surface area (Å²) in [6, 6.07) is 1.23. The molecule has 5 heteroatoms. The number of aliphatic hydroxyl groups excluding tert-OH is 1. The highest BCUT2D eigenvalue weighted by Crippen LogP contribution is 2.43. The summed E-state index contributed by atoms with van der Waals surface area (Å²) in [6.45, 7) is 4.92. The van der Waals surface area contributed by atoms with Crippen LogP contribution in [-0.4, -0.2) is 23.4 Å². The Morgan fingerprint density at radius 3 is 2.77 bits per heavy atom. The van der Waals surface area contributed by atoms with E-state index in [-0.39, 0.29) is 24.0 Å². The fourth-order valence-corrected chi connectivity index (χ4v) is 3.19. The second kappa shape index (κ2) is 6.16. The topological polar surface area (TPSA) is 66.4 Å². The first kappa shape index (κ1) is 16.6. The Morgan fingerprint density at radius 1 is 1.50 bits per heavy atom. The van der Waals surface area contributed by atoms with Crippen LogP contribution < -0.4 is 5.32 Å². The molecular formula is C17H22FNO3. The molecule has 0 aliphatic heterocycles. The van der Waals surface area contributed by atoms with Gasteiger partial charge in [0.2, 0.25) is 5.91 Å². The van der Waals surface area contributed by atoms with E-state index >= 15 is 0 Å². The van der Waals surface area contributed by atoms with Crippen LogP contribution in [0, 0.1) is 18.2 Å². The van der Waals surface area contributed by atoms with E-state index in [2.05, 4.69) is 5.32 Å². The number of benzene rings is 1. The van der Waals surface area contributed by atoms with Gasteiger partial charge >= 0.3 is 0 Å². The number of hydrogen-bond acceptors (Lipinski definition) is 3. The first-order valence-corrected chi connectivity index (χ1v) is 7.55. The van der Waals surface area contributed by atoms with Crippen molar-refractivity contribution in [1.29, 1.82) is 0 Å². The van der Waals surface area contributed by atoms with Gasteiger partial charge in [0.05, 0.1) is 5.69 Å². The quantitative estimate of drug-likeness (QED) is 0.898. The predicted octanol–water partition coefficient (Wildman–Crippen LogP) is 3.00. The standard InChI is InChI=1S/C17H22FNO3/c1-10-12-5-7-17(3,6-4-8-20)16(22)15(12)14(9-13(10)18)19-11(2)21/h9,20H,4-8H2,1-3H3,(H,19,21). The largest absolute Gasteiger partial charge is 0.396 e. The lowest BCUT2D eigenvalue weighted by Crippen LogP contribution is -2.35. The Hall–Kier alpha value is -1.75. The molecule has 1 amide bonds. The van der Waals surface area contributed by atoms with Crippen molar-refractivity contribution in [1.82, 2.24) is 0 Å². The molecule has 0 bridgehead atoms. The lowest BCUT2D eigenvalue weighted by atomic mass is 9.68. The highest BCUT2D eigenvalue weighted by Gasteiger charge is 2.40. The summed E-state index contributed by atoms with van der Waals surface area (Å²) in [7, 11) is 0. The Kier molecular flexibility index (Phi) is 4.66. The molecule has 1 aromatic rings. The van der Waals surface area contributed by atoms with Crippen molar-refractivity contribution in [3.05, 3.63) is 28.6 Å². The molecule has 0 saturated carbocycles. The van der Waals surface area contributed by atoms with Crippen molar-refractivity contribution >= 4 is 17.4 Å². The Morgan fingerprint density at radius 2 is 2.18 bits per heavy atom. The number of carbonyl (C=O) groups is 2. The molecule has 1 atom stereocenters. The second-order valence-corrected chi connectivity index (χ2v) is 6.28. The second-order valence-electron chi connectivity index (χ2n) is 6.28. The van der Waals surface area contributed by atoms with Gasteiger partial charge in [0.15, 0.2) is 5.78 Å². The summed E-state index contributed by atoms with van der Waals surface area (Å²) < 4.78 is 14.0. The van der Waals surface area contributed by atoms with Crippen LogP contribution in [0.25, 0.3) is 0 Å². The zero-order valence-electron chi connectivity index (χ0n) is 13.3. The Labute approximate surface area is 129 Å². The first-order chi connectivity index (χ1) is 10.3. The van der Waals surface area contributed by atoms with Gasteiger partial charge in [-0.25, -0.2) is 4.39 Å². The molecule has 4 nitrogen and oxygen atoms in total. The maximum Gasteiger partial charge on any atom is 0.221 e. The van der Waals surface area contributed by atoms with Gasteiger partial charge in [0, 0.05) is 24.5 Å². The van der Waals surface area contributed by atoms with E-state index < -0.39 is 11.2 Å². The fraction of sp³-hybridized carbons (Fsp3) is 0.529. The molecule has 22 heavy (non-hydrogen) atoms. The van der Waals surface area contributed by atoms with E-state index in [1.54, 1.807) is 6.92 Å². The fourth-order valence-electron chi connectivity index (χ4n) is 3.19. The van der Waals surface area contributed by atoms with Crippen LogP contribution in [-0.2, 0) is 11.2 Å². The van der Waals surface area contributed by atoms with Crippen LogP contribution in [0.1, 0.15) is 54.6 Å². The summed E-state index contributed by atoms with van der Waals surface area (Å²) in [6.07, 6.45) is 2.35. The molecule has 0 radical (unpaired) electrons. The Bertz CT molecular complexity index is 627. The summed E-state index contributed by atoms with van der Waals surface area (Å²) in [5, 5.41) is 11.6. The van der Waals surface area contributed by atoms with E-state index in [1.165, 1.54) is 13.0 Å². The molecule has 0 spiro atoms. The maximum absolute atomic E-state index is 14.0. The van der Waals surface area contributed by atoms with Crippen molar-refractivity contribution in [2.24, 2.45) is 5.41 Å². The number of fused-ring (bicyclic) bond motifs is 1. The highest BCUT2D eigenvalue weighted by atomic mass is 19.1. The van der Waals surface area contributed by atoms with E-state index in [9.17, 15) is 14.0 Å². The first-order valence-electron chi connectivity index (χ1n) is 7.55. The monoisotopic (exact) mass is 307 g/mol. The third-order valence-electron chi connectivity index (χ3n) is 4.55. The molecule has 1 unspecified atom stereocenters. The van der Waals surface area contributed by atoms with Crippen molar-refractivity contribution in [2.45, 2.75) is 46.5 Å². The number of ketones is 1. The zero-order chi connectivity index (χ0) is 16.5. The molecular weight excluding hydrogens is 285 g/mol. The number of aliphatic hydroxyl groups is 1. The van der Waals surface area contributed by atoms with Crippen molar-refractivity contribution < 1.29 is 19.1 Å². The normalized spacial score (nSPS) is 20.7. The van der Waals surface area contributed by atoms with Crippen LogP contribution in [0.5, 0.6) is 0 Å². The smallest absolute Gasteiger partial charge is 0.221 e. The van der Waals surface area contributed by atoms with Crippen LogP contribution in [0.3, 0.4) is 0 Å². The average Bonchev–Trinajstić information content (AvgIpc) is 2.45. The summed E-state index contributed by atoms with van der Waals surface area (Å²) in [4.78, 5) is 24.3. The minimum Gasteiger partial charge on any atom is -0.396 e. The number of anilines is 1. The lowest BCUT2D eigenvalue weighted by Gasteiger charge is -2.35. The molecule has 2 rings (SSSR count). The number of carbonyl (C=O) groups excluding carboxylic acids is 2. The SMILES string of the molecule is CC(=O)Nc1cc(F)c(C)c2c1C(=O)C(C)(CCCO)CC2. The zero-order valence-corrected chi connectivity index (χ0v) is 13.3. The van der Waals surface area contributed by atoms with Crippen LogP contribution in [0.2, 0.25) is 0 Å². The molecule has 120 valence electrons. The number of nitrogens with one attached hydrogen (secondary N) is 1. The van der Waals surface area contributed by atoms with Crippen LogP contribution in [0.15, 0.2) is 6.07 Å². The number of amides is 1. The van der Waals surface area contributed by atoms with E-state index in [1.807, 2.05) is 6.92 Å². The third-order valence-corrected chi connectivity index (χ3v) is 4.55. The van der Waals surface area contributed by atoms with Gasteiger partial charge < -0.3 is 10.4 Å². The minimum atomic E-state index is -0.576. The van der Waals surface area contributed by atoms with E-state index in [0.717, 1.165) is 0 Å². The predicted molar refractivity (Wildman–Crippen MR) is 82.5 cm³/mol. The molecule has 0 fully saturated rings. The maximum atomic E-state index is 14.0. The molecule has 1 aliphatic carbocycles. The lowest BCUT2D eigenvalue weighted by molar-refractivity contribution is -0.114. The Balaban J connectivity index is 2.54. The number of hydrogen-bond donors (Lipinski definition) is 2. The van der Waals surface area contributed by atoms with Crippen molar-refractivity contribution in [3.63, 3.8) is 0 Å². The van der Waals surface area contributed by atoms with Crippen LogP contribution in [0.4, 0.5) is 10.1 Å². The number of Topliss-reactive ketones (excluding diaryl/α,β-unsaturated/α-hetero) is 1. The molecule has 2 N–H and O–H groups in total. The molecule has 0 saturated heterocycles. The van der Waals surface area contributed by atoms with E-state index in [0.29, 0.717) is 42.4 Å². The van der Waals surface area contributed by atoms with Gasteiger partial charge in [0.1, 0.15) is 5.82 Å². The van der Waals surface area contributed by atoms with Crippen molar-refractivity contribution in [3.8, 4) is 0 Å². The highest BCUT2D eigenvalue weighted by molar-refractivity contribution is 6.09. The van der Waals surface area contributed by atoms with Crippen LogP contribution >= 0.6 is 0 Å². The molecule has 1 aromatic carbocycles. The number of rotatable bonds is 4. The van der Waals surface area contributed by atoms with Gasteiger partial charge in [-0.05, 0) is 49.8 Å². The molecule has 0 aromatic heterocycles. The van der Waals surface area contributed by atoms with Gasteiger partial charge in [-0.3, -0.25) is 9.59 Å². The molecule has 1 aliphatic rings. The van der Waals surface area contributed by atoms with Gasteiger partial charge in [-0.15, -0.1) is 0 Å². The third kappa shape index (κ3) is 2.90. The summed E-state index contributed by atoms with van der Waals surface area (Å²) in [5.41, 5.74) is 1.27. The minimum absolute atomic E-state index is 0.0384. The summed E-state index contributed by atoms with van der Waals surface area (Å²) in [5.74, 6) is -0.816.